The smallest absolute Gasteiger partial charge is 0.273 e. The van der Waals surface area contributed by atoms with Gasteiger partial charge >= 0.3 is 0 Å². The predicted octanol–water partition coefficient (Wildman–Crippen LogP) is 2.17. The summed E-state index contributed by atoms with van der Waals surface area (Å²) in [5.41, 5.74) is 2.26. The average Bonchev–Trinajstić information content (AvgIpc) is 3.29. The lowest BCUT2D eigenvalue weighted by Crippen LogP contribution is -2.31. The number of carbonyl (C=O) groups is 1. The van der Waals surface area contributed by atoms with Gasteiger partial charge in [-0.05, 0) is 43.2 Å². The summed E-state index contributed by atoms with van der Waals surface area (Å²) in [5, 5.41) is 8.58. The first-order valence-corrected chi connectivity index (χ1v) is 8.38. The number of aromatic nitrogens is 4. The number of hydrogen-bond donors (Lipinski definition) is 0. The Morgan fingerprint density at radius 2 is 2.12 bits per heavy atom. The van der Waals surface area contributed by atoms with Gasteiger partial charge in [0.15, 0.2) is 5.82 Å². The maximum atomic E-state index is 13.0. The molecule has 4 heterocycles. The number of rotatable bonds is 3. The molecule has 1 aliphatic heterocycles. The third kappa shape index (κ3) is 2.82. The second-order valence-electron chi connectivity index (χ2n) is 6.48. The third-order valence-corrected chi connectivity index (χ3v) is 4.62. The van der Waals surface area contributed by atoms with Gasteiger partial charge in [-0.15, -0.1) is 5.10 Å². The van der Waals surface area contributed by atoms with Crippen molar-refractivity contribution in [3.63, 3.8) is 0 Å². The van der Waals surface area contributed by atoms with Crippen molar-refractivity contribution in [1.29, 1.82) is 0 Å². The zero-order chi connectivity index (χ0) is 17.4. The first-order chi connectivity index (χ1) is 12.1. The van der Waals surface area contributed by atoms with Crippen LogP contribution in [-0.2, 0) is 0 Å². The van der Waals surface area contributed by atoms with Crippen molar-refractivity contribution in [2.24, 2.45) is 0 Å². The summed E-state index contributed by atoms with van der Waals surface area (Å²) < 4.78 is 1.89. The molecule has 0 N–H and O–H groups in total. The largest absolute Gasteiger partial charge is 0.361 e. The van der Waals surface area contributed by atoms with E-state index in [4.69, 9.17) is 0 Å². The third-order valence-electron chi connectivity index (χ3n) is 4.62. The van der Waals surface area contributed by atoms with Gasteiger partial charge in [-0.2, -0.15) is 5.10 Å². The Kier molecular flexibility index (Phi) is 3.83. The molecule has 25 heavy (non-hydrogen) atoms. The van der Waals surface area contributed by atoms with E-state index >= 15 is 0 Å². The number of nitrogens with zero attached hydrogens (tertiary/aromatic N) is 6. The first-order valence-electron chi connectivity index (χ1n) is 8.38. The molecule has 1 saturated heterocycles. The van der Waals surface area contributed by atoms with Crippen LogP contribution in [0.2, 0.25) is 0 Å². The summed E-state index contributed by atoms with van der Waals surface area (Å²) in [7, 11) is 3.86. The molecule has 0 bridgehead atoms. The summed E-state index contributed by atoms with van der Waals surface area (Å²) in [6, 6.07) is 9.59. The van der Waals surface area contributed by atoms with Gasteiger partial charge in [-0.1, -0.05) is 0 Å². The maximum Gasteiger partial charge on any atom is 0.273 e. The van der Waals surface area contributed by atoms with E-state index in [-0.39, 0.29) is 11.9 Å². The summed E-state index contributed by atoms with van der Waals surface area (Å²) in [4.78, 5) is 21.1. The molecule has 0 spiro atoms. The zero-order valence-electron chi connectivity index (χ0n) is 14.3. The minimum absolute atomic E-state index is 0.0407. The van der Waals surface area contributed by atoms with Crippen molar-refractivity contribution in [2.45, 2.75) is 18.9 Å². The van der Waals surface area contributed by atoms with Crippen molar-refractivity contribution in [1.82, 2.24) is 24.5 Å². The van der Waals surface area contributed by atoms with E-state index in [2.05, 4.69) is 15.2 Å². The van der Waals surface area contributed by atoms with Crippen LogP contribution in [0.15, 0.2) is 42.9 Å². The second kappa shape index (κ2) is 6.16. The molecule has 7 nitrogen and oxygen atoms in total. The predicted molar refractivity (Wildman–Crippen MR) is 94.6 cm³/mol. The van der Waals surface area contributed by atoms with Crippen molar-refractivity contribution >= 4 is 17.2 Å². The molecular formula is C18H20N6O. The summed E-state index contributed by atoms with van der Waals surface area (Å²) in [6.45, 7) is 0.717. The highest BCUT2D eigenvalue weighted by Crippen LogP contribution is 2.32. The van der Waals surface area contributed by atoms with Gasteiger partial charge < -0.3 is 14.2 Å². The lowest BCUT2D eigenvalue weighted by molar-refractivity contribution is 0.0726. The quantitative estimate of drug-likeness (QED) is 0.733. The lowest BCUT2D eigenvalue weighted by atomic mass is 10.1. The molecule has 128 valence electrons. The molecular weight excluding hydrogens is 316 g/mol. The highest BCUT2D eigenvalue weighted by atomic mass is 16.2. The molecule has 0 aromatic carbocycles. The number of anilines is 1. The molecule has 4 rings (SSSR count). The Labute approximate surface area is 145 Å². The van der Waals surface area contributed by atoms with Crippen LogP contribution in [0.25, 0.3) is 5.52 Å². The van der Waals surface area contributed by atoms with Crippen molar-refractivity contribution in [2.75, 3.05) is 25.5 Å². The fraction of sp³-hybridized carbons (Fsp3) is 0.333. The number of likely N-dealkylation sites (tertiary alicyclic amines) is 1. The zero-order valence-corrected chi connectivity index (χ0v) is 14.3. The van der Waals surface area contributed by atoms with Crippen LogP contribution in [0.3, 0.4) is 0 Å². The Bertz CT molecular complexity index is 901. The molecule has 0 radical (unpaired) electrons. The van der Waals surface area contributed by atoms with Crippen LogP contribution in [0, 0.1) is 0 Å². The number of carbonyl (C=O) groups excluding carboxylic acids is 1. The van der Waals surface area contributed by atoms with Crippen molar-refractivity contribution in [3.8, 4) is 0 Å². The fourth-order valence-electron chi connectivity index (χ4n) is 3.27. The molecule has 3 aromatic rings. The topological polar surface area (TPSA) is 66.6 Å². The SMILES string of the molecule is CN(C)c1ccc(C2CCCN2C(=O)c2cc3cccn3cn2)nn1. The van der Waals surface area contributed by atoms with Crippen LogP contribution < -0.4 is 4.90 Å². The molecule has 7 heteroatoms. The summed E-state index contributed by atoms with van der Waals surface area (Å²) in [6.07, 6.45) is 5.45. The maximum absolute atomic E-state index is 13.0. The molecule has 1 unspecified atom stereocenters. The summed E-state index contributed by atoms with van der Waals surface area (Å²) in [5.74, 6) is 0.754. The first kappa shape index (κ1) is 15.6. The van der Waals surface area contributed by atoms with E-state index < -0.39 is 0 Å². The van der Waals surface area contributed by atoms with E-state index in [0.29, 0.717) is 12.2 Å². The van der Waals surface area contributed by atoms with E-state index in [1.807, 2.05) is 64.8 Å². The standard InChI is InChI=1S/C18H20N6O/c1-22(2)17-8-7-14(20-21-17)16-6-4-10-24(16)18(25)15-11-13-5-3-9-23(13)12-19-15/h3,5,7-9,11-12,16H,4,6,10H2,1-2H3. The Morgan fingerprint density at radius 1 is 1.24 bits per heavy atom. The lowest BCUT2D eigenvalue weighted by Gasteiger charge is -2.24. The Morgan fingerprint density at radius 3 is 2.88 bits per heavy atom. The molecule has 1 amide bonds. The van der Waals surface area contributed by atoms with Gasteiger partial charge in [0.2, 0.25) is 0 Å². The highest BCUT2D eigenvalue weighted by molar-refractivity contribution is 5.93. The van der Waals surface area contributed by atoms with Gasteiger partial charge in [-0.25, -0.2) is 4.98 Å². The van der Waals surface area contributed by atoms with Gasteiger partial charge in [-0.3, -0.25) is 4.79 Å². The van der Waals surface area contributed by atoms with Crippen LogP contribution >= 0.6 is 0 Å². The molecule has 1 atom stereocenters. The molecule has 0 aliphatic carbocycles. The second-order valence-corrected chi connectivity index (χ2v) is 6.48. The minimum atomic E-state index is -0.0512. The Balaban J connectivity index is 1.60. The van der Waals surface area contributed by atoms with Crippen LogP contribution in [0.1, 0.15) is 35.1 Å². The average molecular weight is 336 g/mol. The van der Waals surface area contributed by atoms with Gasteiger partial charge in [0.05, 0.1) is 18.1 Å². The highest BCUT2D eigenvalue weighted by Gasteiger charge is 2.32. The Hall–Kier alpha value is -2.96. The van der Waals surface area contributed by atoms with Crippen LogP contribution in [0.5, 0.6) is 0 Å². The number of amides is 1. The number of fused-ring (bicyclic) bond motifs is 1. The van der Waals surface area contributed by atoms with Crippen molar-refractivity contribution in [3.05, 3.63) is 54.2 Å². The van der Waals surface area contributed by atoms with Gasteiger partial charge in [0.25, 0.3) is 5.91 Å². The van der Waals surface area contributed by atoms with Crippen LogP contribution in [-0.4, -0.2) is 51.0 Å². The van der Waals surface area contributed by atoms with Gasteiger partial charge in [0.1, 0.15) is 5.69 Å². The van der Waals surface area contributed by atoms with Crippen LogP contribution in [0.4, 0.5) is 5.82 Å². The molecule has 1 aliphatic rings. The number of hydrogen-bond acceptors (Lipinski definition) is 5. The monoisotopic (exact) mass is 336 g/mol. The van der Waals surface area contributed by atoms with E-state index in [1.165, 1.54) is 0 Å². The fourth-order valence-corrected chi connectivity index (χ4v) is 3.27. The minimum Gasteiger partial charge on any atom is -0.361 e. The van der Waals surface area contributed by atoms with E-state index in [9.17, 15) is 4.79 Å². The molecule has 1 fully saturated rings. The van der Waals surface area contributed by atoms with Crippen molar-refractivity contribution < 1.29 is 4.79 Å². The summed E-state index contributed by atoms with van der Waals surface area (Å²) >= 11 is 0. The molecule has 0 saturated carbocycles. The van der Waals surface area contributed by atoms with E-state index in [1.54, 1.807) is 6.33 Å². The van der Waals surface area contributed by atoms with E-state index in [0.717, 1.165) is 29.9 Å². The van der Waals surface area contributed by atoms with Gasteiger partial charge in [0, 0.05) is 32.4 Å². The molecule has 3 aromatic heterocycles. The normalized spacial score (nSPS) is 17.2.